The van der Waals surface area contributed by atoms with Crippen LogP contribution in [0.1, 0.15) is 48.1 Å². The quantitative estimate of drug-likeness (QED) is 0.880. The molecule has 1 aliphatic rings. The first-order valence-corrected chi connectivity index (χ1v) is 7.86. The van der Waals surface area contributed by atoms with Gasteiger partial charge in [0, 0.05) is 37.2 Å². The van der Waals surface area contributed by atoms with Crippen molar-refractivity contribution in [2.75, 3.05) is 13.1 Å². The van der Waals surface area contributed by atoms with E-state index in [-0.39, 0.29) is 11.3 Å². The van der Waals surface area contributed by atoms with E-state index in [0.717, 1.165) is 37.2 Å². The largest absolute Gasteiger partial charge is 0.348 e. The summed E-state index contributed by atoms with van der Waals surface area (Å²) in [5.74, 6) is 0.116. The highest BCUT2D eigenvalue weighted by Crippen LogP contribution is 2.23. The average molecular weight is 297 g/mol. The van der Waals surface area contributed by atoms with Crippen LogP contribution in [0, 0.1) is 0 Å². The molecular weight excluding hydrogens is 274 g/mol. The van der Waals surface area contributed by atoms with Gasteiger partial charge in [0.05, 0.1) is 12.0 Å². The molecule has 1 aromatic carbocycles. The third kappa shape index (κ3) is 2.91. The smallest absolute Gasteiger partial charge is 0.253 e. The number of fused-ring (bicyclic) bond motifs is 1. The van der Waals surface area contributed by atoms with Gasteiger partial charge >= 0.3 is 0 Å². The van der Waals surface area contributed by atoms with E-state index in [2.05, 4.69) is 42.9 Å². The fourth-order valence-corrected chi connectivity index (χ4v) is 2.88. The molecule has 0 saturated carbocycles. The Hall–Kier alpha value is -2.10. The first kappa shape index (κ1) is 14.8. The Morgan fingerprint density at radius 1 is 1.14 bits per heavy atom. The van der Waals surface area contributed by atoms with Gasteiger partial charge in [-0.2, -0.15) is 0 Å². The van der Waals surface area contributed by atoms with Crippen molar-refractivity contribution in [3.63, 3.8) is 0 Å². The standard InChI is InChI=1S/C18H23N3O/c1-18(2,3)14-6-4-13(5-7-14)17(22)21-10-8-15-16(9-11-21)20-12-19-15/h4-7,12H,8-11H2,1-3H3,(H,19,20). The summed E-state index contributed by atoms with van der Waals surface area (Å²) in [4.78, 5) is 22.1. The van der Waals surface area contributed by atoms with Crippen molar-refractivity contribution < 1.29 is 4.79 Å². The summed E-state index contributed by atoms with van der Waals surface area (Å²) in [6.07, 6.45) is 3.42. The van der Waals surface area contributed by atoms with Crippen molar-refractivity contribution in [1.29, 1.82) is 0 Å². The van der Waals surface area contributed by atoms with Crippen LogP contribution in [0.2, 0.25) is 0 Å². The molecule has 0 aliphatic carbocycles. The molecule has 0 unspecified atom stereocenters. The van der Waals surface area contributed by atoms with Crippen LogP contribution in [-0.2, 0) is 18.3 Å². The van der Waals surface area contributed by atoms with Crippen molar-refractivity contribution >= 4 is 5.91 Å². The van der Waals surface area contributed by atoms with E-state index in [9.17, 15) is 4.79 Å². The van der Waals surface area contributed by atoms with Gasteiger partial charge in [-0.1, -0.05) is 32.9 Å². The van der Waals surface area contributed by atoms with E-state index in [1.807, 2.05) is 17.0 Å². The predicted molar refractivity (Wildman–Crippen MR) is 87.0 cm³/mol. The number of aromatic nitrogens is 2. The van der Waals surface area contributed by atoms with Crippen molar-refractivity contribution in [3.8, 4) is 0 Å². The molecule has 22 heavy (non-hydrogen) atoms. The second-order valence-electron chi connectivity index (χ2n) is 6.95. The summed E-state index contributed by atoms with van der Waals surface area (Å²) in [5, 5.41) is 0. The Morgan fingerprint density at radius 2 is 1.82 bits per heavy atom. The van der Waals surface area contributed by atoms with Crippen LogP contribution in [0.3, 0.4) is 0 Å². The Labute approximate surface area is 131 Å². The number of benzene rings is 1. The normalized spacial score (nSPS) is 15.3. The predicted octanol–water partition coefficient (Wildman–Crippen LogP) is 2.95. The molecule has 2 aromatic rings. The summed E-state index contributed by atoms with van der Waals surface area (Å²) in [7, 11) is 0. The number of nitrogens with zero attached hydrogens (tertiary/aromatic N) is 2. The molecular formula is C18H23N3O. The first-order valence-electron chi connectivity index (χ1n) is 7.86. The van der Waals surface area contributed by atoms with Crippen LogP contribution in [0.25, 0.3) is 0 Å². The number of nitrogens with one attached hydrogen (secondary N) is 1. The zero-order valence-electron chi connectivity index (χ0n) is 13.5. The number of rotatable bonds is 1. The van der Waals surface area contributed by atoms with E-state index >= 15 is 0 Å². The van der Waals surface area contributed by atoms with Crippen molar-refractivity contribution in [1.82, 2.24) is 14.9 Å². The number of aromatic amines is 1. The molecule has 0 bridgehead atoms. The third-order valence-electron chi connectivity index (χ3n) is 4.34. The molecule has 1 aromatic heterocycles. The molecule has 1 aliphatic heterocycles. The molecule has 1 amide bonds. The monoisotopic (exact) mass is 297 g/mol. The van der Waals surface area contributed by atoms with Gasteiger partial charge in [-0.15, -0.1) is 0 Å². The lowest BCUT2D eigenvalue weighted by atomic mass is 9.86. The van der Waals surface area contributed by atoms with E-state index in [4.69, 9.17) is 0 Å². The maximum atomic E-state index is 12.7. The van der Waals surface area contributed by atoms with Crippen molar-refractivity contribution in [2.24, 2.45) is 0 Å². The Kier molecular flexibility index (Phi) is 3.77. The van der Waals surface area contributed by atoms with Gasteiger partial charge in [-0.25, -0.2) is 4.98 Å². The SMILES string of the molecule is CC(C)(C)c1ccc(C(=O)N2CCc3nc[nH]c3CC2)cc1. The van der Waals surface area contributed by atoms with Crippen LogP contribution in [0.4, 0.5) is 0 Å². The molecule has 1 N–H and O–H groups in total. The van der Waals surface area contributed by atoms with E-state index < -0.39 is 0 Å². The molecule has 4 nitrogen and oxygen atoms in total. The minimum atomic E-state index is 0.110. The molecule has 3 rings (SSSR count). The maximum absolute atomic E-state index is 12.7. The molecule has 116 valence electrons. The Bertz CT molecular complexity index is 642. The van der Waals surface area contributed by atoms with Gasteiger partial charge in [0.1, 0.15) is 0 Å². The van der Waals surface area contributed by atoms with Gasteiger partial charge in [-0.05, 0) is 23.1 Å². The summed E-state index contributed by atoms with van der Waals surface area (Å²) >= 11 is 0. The second-order valence-corrected chi connectivity index (χ2v) is 6.95. The minimum absolute atomic E-state index is 0.110. The van der Waals surface area contributed by atoms with Gasteiger partial charge < -0.3 is 9.88 Å². The number of carbonyl (C=O) groups is 1. The molecule has 0 atom stereocenters. The Morgan fingerprint density at radius 3 is 2.50 bits per heavy atom. The van der Waals surface area contributed by atoms with Crippen LogP contribution in [0.5, 0.6) is 0 Å². The molecule has 4 heteroatoms. The van der Waals surface area contributed by atoms with Crippen molar-refractivity contribution in [2.45, 2.75) is 39.0 Å². The summed E-state index contributed by atoms with van der Waals surface area (Å²) in [6, 6.07) is 8.03. The lowest BCUT2D eigenvalue weighted by molar-refractivity contribution is 0.0762. The van der Waals surface area contributed by atoms with Crippen LogP contribution in [-0.4, -0.2) is 33.9 Å². The highest BCUT2D eigenvalue weighted by Gasteiger charge is 2.21. The fraction of sp³-hybridized carbons (Fsp3) is 0.444. The number of hydrogen-bond acceptors (Lipinski definition) is 2. The van der Waals surface area contributed by atoms with E-state index in [1.165, 1.54) is 11.3 Å². The van der Waals surface area contributed by atoms with Gasteiger partial charge in [0.15, 0.2) is 0 Å². The molecule has 0 saturated heterocycles. The highest BCUT2D eigenvalue weighted by atomic mass is 16.2. The number of amides is 1. The average Bonchev–Trinajstić information content (AvgIpc) is 2.85. The zero-order chi connectivity index (χ0) is 15.7. The number of imidazole rings is 1. The lowest BCUT2D eigenvalue weighted by Gasteiger charge is -2.22. The zero-order valence-corrected chi connectivity index (χ0v) is 13.5. The third-order valence-corrected chi connectivity index (χ3v) is 4.34. The van der Waals surface area contributed by atoms with Gasteiger partial charge in [-0.3, -0.25) is 4.79 Å². The summed E-state index contributed by atoms with van der Waals surface area (Å²) in [5.41, 5.74) is 4.39. The number of hydrogen-bond donors (Lipinski definition) is 1. The van der Waals surface area contributed by atoms with E-state index in [0.29, 0.717) is 0 Å². The van der Waals surface area contributed by atoms with E-state index in [1.54, 1.807) is 6.33 Å². The van der Waals surface area contributed by atoms with Gasteiger partial charge in [0.2, 0.25) is 0 Å². The maximum Gasteiger partial charge on any atom is 0.253 e. The van der Waals surface area contributed by atoms with Gasteiger partial charge in [0.25, 0.3) is 5.91 Å². The second kappa shape index (κ2) is 5.59. The molecule has 0 fully saturated rings. The first-order chi connectivity index (χ1) is 10.4. The number of H-pyrrole nitrogens is 1. The molecule has 2 heterocycles. The van der Waals surface area contributed by atoms with Crippen molar-refractivity contribution in [3.05, 3.63) is 53.1 Å². The summed E-state index contributed by atoms with van der Waals surface area (Å²) in [6.45, 7) is 8.02. The lowest BCUT2D eigenvalue weighted by Crippen LogP contribution is -2.33. The van der Waals surface area contributed by atoms with Crippen LogP contribution >= 0.6 is 0 Å². The summed E-state index contributed by atoms with van der Waals surface area (Å²) < 4.78 is 0. The molecule has 0 spiro atoms. The molecule has 0 radical (unpaired) electrons. The fourth-order valence-electron chi connectivity index (χ4n) is 2.88. The highest BCUT2D eigenvalue weighted by molar-refractivity contribution is 5.94. The van der Waals surface area contributed by atoms with Crippen LogP contribution in [0.15, 0.2) is 30.6 Å². The minimum Gasteiger partial charge on any atom is -0.348 e. The topological polar surface area (TPSA) is 49.0 Å². The number of carbonyl (C=O) groups excluding carboxylic acids is 1. The van der Waals surface area contributed by atoms with Crippen LogP contribution < -0.4 is 0 Å². The Balaban J connectivity index is 1.73.